The van der Waals surface area contributed by atoms with Crippen molar-refractivity contribution >= 4 is 23.3 Å². The molecule has 1 aromatic carbocycles. The van der Waals surface area contributed by atoms with Gasteiger partial charge in [-0.15, -0.1) is 0 Å². The number of benzene rings is 1. The molecule has 0 saturated carbocycles. The molecule has 6 nitrogen and oxygen atoms in total. The third-order valence-corrected chi connectivity index (χ3v) is 3.00. The summed E-state index contributed by atoms with van der Waals surface area (Å²) in [5, 5.41) is 2.72. The maximum Gasteiger partial charge on any atom is 0.322 e. The van der Waals surface area contributed by atoms with Crippen LogP contribution >= 0.6 is 0 Å². The number of rotatable bonds is 2. The first-order valence-corrected chi connectivity index (χ1v) is 5.80. The SMILES string of the molecule is NC(=O)C1CCCN1C(=O)Nc1ccc(N)cc1. The third-order valence-electron chi connectivity index (χ3n) is 3.00. The van der Waals surface area contributed by atoms with Crippen LogP contribution in [0.15, 0.2) is 24.3 Å². The van der Waals surface area contributed by atoms with Crippen LogP contribution in [-0.2, 0) is 4.79 Å². The molecule has 1 aliphatic heterocycles. The number of urea groups is 1. The van der Waals surface area contributed by atoms with E-state index < -0.39 is 11.9 Å². The van der Waals surface area contributed by atoms with E-state index in [4.69, 9.17) is 11.5 Å². The number of carbonyl (C=O) groups excluding carboxylic acids is 2. The van der Waals surface area contributed by atoms with Crippen molar-refractivity contribution in [1.29, 1.82) is 0 Å². The summed E-state index contributed by atoms with van der Waals surface area (Å²) in [7, 11) is 0. The molecule has 0 spiro atoms. The molecule has 96 valence electrons. The van der Waals surface area contributed by atoms with Gasteiger partial charge in [0.25, 0.3) is 0 Å². The molecule has 1 atom stereocenters. The number of nitrogens with zero attached hydrogens (tertiary/aromatic N) is 1. The number of primary amides is 1. The van der Waals surface area contributed by atoms with Crippen molar-refractivity contribution in [3.63, 3.8) is 0 Å². The number of likely N-dealkylation sites (tertiary alicyclic amines) is 1. The summed E-state index contributed by atoms with van der Waals surface area (Å²) in [6.07, 6.45) is 1.42. The molecule has 1 heterocycles. The highest BCUT2D eigenvalue weighted by Crippen LogP contribution is 2.19. The van der Waals surface area contributed by atoms with Crippen LogP contribution in [0.25, 0.3) is 0 Å². The Morgan fingerprint density at radius 1 is 1.28 bits per heavy atom. The van der Waals surface area contributed by atoms with E-state index >= 15 is 0 Å². The lowest BCUT2D eigenvalue weighted by Crippen LogP contribution is -2.45. The van der Waals surface area contributed by atoms with Gasteiger partial charge in [-0.3, -0.25) is 4.79 Å². The summed E-state index contributed by atoms with van der Waals surface area (Å²) in [6, 6.07) is 6.02. The van der Waals surface area contributed by atoms with Crippen LogP contribution in [0.2, 0.25) is 0 Å². The third kappa shape index (κ3) is 2.53. The Kier molecular flexibility index (Phi) is 3.36. The minimum atomic E-state index is -0.501. The number of hydrogen-bond acceptors (Lipinski definition) is 3. The number of nitrogen functional groups attached to an aromatic ring is 1. The Labute approximate surface area is 105 Å². The van der Waals surface area contributed by atoms with Gasteiger partial charge in [0.15, 0.2) is 0 Å². The number of hydrogen-bond donors (Lipinski definition) is 3. The van der Waals surface area contributed by atoms with Crippen molar-refractivity contribution in [3.05, 3.63) is 24.3 Å². The average molecular weight is 248 g/mol. The molecule has 1 unspecified atom stereocenters. The molecule has 6 heteroatoms. The first kappa shape index (κ1) is 12.2. The zero-order chi connectivity index (χ0) is 13.1. The van der Waals surface area contributed by atoms with Crippen LogP contribution in [0.1, 0.15) is 12.8 Å². The zero-order valence-electron chi connectivity index (χ0n) is 9.93. The van der Waals surface area contributed by atoms with Crippen LogP contribution in [-0.4, -0.2) is 29.4 Å². The Morgan fingerprint density at radius 3 is 2.56 bits per heavy atom. The minimum Gasteiger partial charge on any atom is -0.399 e. The average Bonchev–Trinajstić information content (AvgIpc) is 2.81. The highest BCUT2D eigenvalue weighted by atomic mass is 16.2. The maximum atomic E-state index is 12.0. The first-order chi connectivity index (χ1) is 8.58. The highest BCUT2D eigenvalue weighted by Gasteiger charge is 2.32. The van der Waals surface area contributed by atoms with E-state index in [-0.39, 0.29) is 6.03 Å². The van der Waals surface area contributed by atoms with Crippen molar-refractivity contribution < 1.29 is 9.59 Å². The van der Waals surface area contributed by atoms with E-state index in [2.05, 4.69) is 5.32 Å². The van der Waals surface area contributed by atoms with Crippen LogP contribution < -0.4 is 16.8 Å². The van der Waals surface area contributed by atoms with Gasteiger partial charge in [-0.2, -0.15) is 0 Å². The summed E-state index contributed by atoms with van der Waals surface area (Å²) >= 11 is 0. The van der Waals surface area contributed by atoms with E-state index in [1.54, 1.807) is 24.3 Å². The Balaban J connectivity index is 2.03. The molecule has 1 aliphatic rings. The van der Waals surface area contributed by atoms with E-state index in [0.29, 0.717) is 24.3 Å². The zero-order valence-corrected chi connectivity index (χ0v) is 9.93. The lowest BCUT2D eigenvalue weighted by molar-refractivity contribution is -0.121. The van der Waals surface area contributed by atoms with Gasteiger partial charge in [0.1, 0.15) is 6.04 Å². The fourth-order valence-electron chi connectivity index (χ4n) is 2.07. The van der Waals surface area contributed by atoms with Crippen molar-refractivity contribution in [3.8, 4) is 0 Å². The summed E-state index contributed by atoms with van der Waals surface area (Å²) < 4.78 is 0. The van der Waals surface area contributed by atoms with E-state index in [9.17, 15) is 9.59 Å². The molecule has 0 aliphatic carbocycles. The molecule has 18 heavy (non-hydrogen) atoms. The second-order valence-corrected chi connectivity index (χ2v) is 4.31. The molecule has 1 fully saturated rings. The quantitative estimate of drug-likeness (QED) is 0.673. The van der Waals surface area contributed by atoms with Crippen LogP contribution in [0.5, 0.6) is 0 Å². The molecular formula is C12H16N4O2. The number of anilines is 2. The maximum absolute atomic E-state index is 12.0. The van der Waals surface area contributed by atoms with Gasteiger partial charge in [-0.1, -0.05) is 0 Å². The fourth-order valence-corrected chi connectivity index (χ4v) is 2.07. The van der Waals surface area contributed by atoms with E-state index in [0.717, 1.165) is 6.42 Å². The molecule has 1 aromatic rings. The van der Waals surface area contributed by atoms with Gasteiger partial charge in [0.05, 0.1) is 0 Å². The van der Waals surface area contributed by atoms with Crippen molar-refractivity contribution in [2.24, 2.45) is 5.73 Å². The molecule has 5 N–H and O–H groups in total. The second-order valence-electron chi connectivity index (χ2n) is 4.31. The number of amides is 3. The molecule has 0 aromatic heterocycles. The van der Waals surface area contributed by atoms with Crippen LogP contribution in [0, 0.1) is 0 Å². The summed E-state index contributed by atoms with van der Waals surface area (Å²) in [5.74, 6) is -0.458. The van der Waals surface area contributed by atoms with Gasteiger partial charge in [-0.25, -0.2) is 4.79 Å². The lowest BCUT2D eigenvalue weighted by atomic mass is 10.2. The van der Waals surface area contributed by atoms with Gasteiger partial charge < -0.3 is 21.7 Å². The standard InChI is InChI=1S/C12H16N4O2/c13-8-3-5-9(6-4-8)15-12(18)16-7-1-2-10(16)11(14)17/h3-6,10H,1-2,7,13H2,(H2,14,17)(H,15,18). The second kappa shape index (κ2) is 4.95. The minimum absolute atomic E-state index is 0.305. The summed E-state index contributed by atoms with van der Waals surface area (Å²) in [5.41, 5.74) is 12.1. The van der Waals surface area contributed by atoms with Crippen molar-refractivity contribution in [1.82, 2.24) is 4.90 Å². The van der Waals surface area contributed by atoms with Crippen LogP contribution in [0.4, 0.5) is 16.2 Å². The van der Waals surface area contributed by atoms with Crippen LogP contribution in [0.3, 0.4) is 0 Å². The molecule has 1 saturated heterocycles. The molecule has 0 bridgehead atoms. The van der Waals surface area contributed by atoms with Gasteiger partial charge in [-0.05, 0) is 37.1 Å². The predicted octanol–water partition coefficient (Wildman–Crippen LogP) is 0.750. The monoisotopic (exact) mass is 248 g/mol. The molecule has 2 rings (SSSR count). The highest BCUT2D eigenvalue weighted by molar-refractivity contribution is 5.93. The summed E-state index contributed by atoms with van der Waals surface area (Å²) in [4.78, 5) is 24.7. The fraction of sp³-hybridized carbons (Fsp3) is 0.333. The smallest absolute Gasteiger partial charge is 0.322 e. The normalized spacial score (nSPS) is 18.7. The van der Waals surface area contributed by atoms with Gasteiger partial charge in [0, 0.05) is 17.9 Å². The van der Waals surface area contributed by atoms with Crippen molar-refractivity contribution in [2.45, 2.75) is 18.9 Å². The summed E-state index contributed by atoms with van der Waals surface area (Å²) in [6.45, 7) is 0.550. The molecule has 3 amide bonds. The Morgan fingerprint density at radius 2 is 1.94 bits per heavy atom. The molecular weight excluding hydrogens is 232 g/mol. The largest absolute Gasteiger partial charge is 0.399 e. The Hall–Kier alpha value is -2.24. The number of nitrogens with two attached hydrogens (primary N) is 2. The number of nitrogens with one attached hydrogen (secondary N) is 1. The molecule has 0 radical (unpaired) electrons. The first-order valence-electron chi connectivity index (χ1n) is 5.80. The topological polar surface area (TPSA) is 101 Å². The number of carbonyl (C=O) groups is 2. The van der Waals surface area contributed by atoms with Gasteiger partial charge in [0.2, 0.25) is 5.91 Å². The van der Waals surface area contributed by atoms with E-state index in [1.165, 1.54) is 4.90 Å². The van der Waals surface area contributed by atoms with Gasteiger partial charge >= 0.3 is 6.03 Å². The van der Waals surface area contributed by atoms with Crippen molar-refractivity contribution in [2.75, 3.05) is 17.6 Å². The lowest BCUT2D eigenvalue weighted by Gasteiger charge is -2.22. The van der Waals surface area contributed by atoms with E-state index in [1.807, 2.05) is 0 Å². The Bertz CT molecular complexity index is 458. The predicted molar refractivity (Wildman–Crippen MR) is 68.8 cm³/mol.